The van der Waals surface area contributed by atoms with Gasteiger partial charge in [0.05, 0.1) is 24.4 Å². The predicted molar refractivity (Wildman–Crippen MR) is 77.1 cm³/mol. The molecular weight excluding hydrogens is 240 g/mol. The highest BCUT2D eigenvalue weighted by molar-refractivity contribution is 5.82. The number of benzene rings is 1. The van der Waals surface area contributed by atoms with Crippen molar-refractivity contribution in [3.05, 3.63) is 30.3 Å². The van der Waals surface area contributed by atoms with E-state index in [9.17, 15) is 0 Å². The van der Waals surface area contributed by atoms with Crippen LogP contribution in [0.15, 0.2) is 35.3 Å². The van der Waals surface area contributed by atoms with Crippen LogP contribution in [0.2, 0.25) is 0 Å². The molecular formula is C14H22N4O. The summed E-state index contributed by atoms with van der Waals surface area (Å²) in [5.74, 6) is 6.35. The minimum Gasteiger partial charge on any atom is -0.375 e. The zero-order chi connectivity index (χ0) is 13.7. The van der Waals surface area contributed by atoms with Crippen LogP contribution in [0.4, 0.5) is 5.69 Å². The second kappa shape index (κ2) is 6.54. The minimum absolute atomic E-state index is 0.192. The molecule has 19 heavy (non-hydrogen) atoms. The predicted octanol–water partition coefficient (Wildman–Crippen LogP) is 1.64. The van der Waals surface area contributed by atoms with Crippen molar-refractivity contribution in [1.29, 1.82) is 0 Å². The molecule has 1 aliphatic heterocycles. The van der Waals surface area contributed by atoms with Crippen molar-refractivity contribution in [1.82, 2.24) is 10.3 Å². The number of nitrogens with one attached hydrogen (secondary N) is 1. The van der Waals surface area contributed by atoms with Crippen molar-refractivity contribution in [3.63, 3.8) is 0 Å². The first-order valence-electron chi connectivity index (χ1n) is 6.73. The summed E-state index contributed by atoms with van der Waals surface area (Å²) in [4.78, 5) is 6.78. The number of guanidine groups is 1. The molecule has 3 N–H and O–H groups in total. The van der Waals surface area contributed by atoms with Gasteiger partial charge in [0.2, 0.25) is 5.96 Å². The topological polar surface area (TPSA) is 62.9 Å². The van der Waals surface area contributed by atoms with E-state index in [1.54, 1.807) is 0 Å². The number of ether oxygens (including phenoxy) is 1. The van der Waals surface area contributed by atoms with Crippen LogP contribution in [-0.2, 0) is 4.74 Å². The molecule has 1 aromatic rings. The Bertz CT molecular complexity index is 421. The van der Waals surface area contributed by atoms with Crippen LogP contribution in [0.25, 0.3) is 0 Å². The molecule has 0 amide bonds. The lowest BCUT2D eigenvalue weighted by atomic mass is 10.1. The Morgan fingerprint density at radius 2 is 2.21 bits per heavy atom. The Kier molecular flexibility index (Phi) is 4.76. The summed E-state index contributed by atoms with van der Waals surface area (Å²) in [6, 6.07) is 10.1. The van der Waals surface area contributed by atoms with E-state index in [4.69, 9.17) is 10.6 Å². The number of hydrogen-bond donors (Lipinski definition) is 2. The van der Waals surface area contributed by atoms with Gasteiger partial charge in [0.1, 0.15) is 0 Å². The van der Waals surface area contributed by atoms with E-state index in [2.05, 4.69) is 29.2 Å². The molecule has 5 heteroatoms. The number of nitrogens with two attached hydrogens (primary N) is 1. The van der Waals surface area contributed by atoms with Crippen molar-refractivity contribution in [2.75, 3.05) is 13.2 Å². The van der Waals surface area contributed by atoms with Crippen LogP contribution in [-0.4, -0.2) is 36.2 Å². The molecule has 0 bridgehead atoms. The van der Waals surface area contributed by atoms with E-state index in [1.165, 1.54) is 0 Å². The average molecular weight is 262 g/mol. The van der Waals surface area contributed by atoms with Crippen molar-refractivity contribution in [2.45, 2.75) is 32.4 Å². The van der Waals surface area contributed by atoms with Crippen molar-refractivity contribution in [3.8, 4) is 0 Å². The highest BCUT2D eigenvalue weighted by atomic mass is 16.5. The molecule has 0 aromatic heterocycles. The molecule has 0 spiro atoms. The van der Waals surface area contributed by atoms with Crippen LogP contribution in [0, 0.1) is 0 Å². The average Bonchev–Trinajstić information content (AvgIpc) is 2.46. The molecule has 2 atom stereocenters. The molecule has 0 saturated carbocycles. The Morgan fingerprint density at radius 3 is 2.84 bits per heavy atom. The summed E-state index contributed by atoms with van der Waals surface area (Å²) in [5, 5.41) is 0. The first-order chi connectivity index (χ1) is 9.24. The van der Waals surface area contributed by atoms with Gasteiger partial charge in [-0.25, -0.2) is 10.8 Å². The van der Waals surface area contributed by atoms with E-state index in [-0.39, 0.29) is 6.10 Å². The molecule has 5 nitrogen and oxygen atoms in total. The molecule has 1 heterocycles. The Labute approximate surface area is 114 Å². The first-order valence-corrected chi connectivity index (χ1v) is 6.73. The van der Waals surface area contributed by atoms with Crippen LogP contribution >= 0.6 is 0 Å². The zero-order valence-corrected chi connectivity index (χ0v) is 11.5. The lowest BCUT2D eigenvalue weighted by Crippen LogP contribution is -2.56. The van der Waals surface area contributed by atoms with Crippen molar-refractivity contribution >= 4 is 11.6 Å². The maximum Gasteiger partial charge on any atom is 0.214 e. The quantitative estimate of drug-likeness (QED) is 0.368. The van der Waals surface area contributed by atoms with E-state index in [1.807, 2.05) is 30.3 Å². The van der Waals surface area contributed by atoms with Crippen LogP contribution in [0.5, 0.6) is 0 Å². The van der Waals surface area contributed by atoms with Gasteiger partial charge in [0.15, 0.2) is 0 Å². The lowest BCUT2D eigenvalue weighted by Gasteiger charge is -2.39. The maximum absolute atomic E-state index is 5.69. The van der Waals surface area contributed by atoms with Gasteiger partial charge in [0, 0.05) is 6.54 Å². The van der Waals surface area contributed by atoms with Crippen LogP contribution in [0.1, 0.15) is 20.3 Å². The van der Waals surface area contributed by atoms with E-state index >= 15 is 0 Å². The minimum atomic E-state index is 0.192. The fraction of sp³-hybridized carbons (Fsp3) is 0.500. The fourth-order valence-electron chi connectivity index (χ4n) is 2.25. The van der Waals surface area contributed by atoms with E-state index in [0.717, 1.165) is 18.7 Å². The number of hydrogen-bond acceptors (Lipinski definition) is 3. The SMILES string of the molecule is CCC1COC(C)CN1C(=Nc1ccccc1)NN. The van der Waals surface area contributed by atoms with Gasteiger partial charge in [-0.2, -0.15) is 0 Å². The van der Waals surface area contributed by atoms with Crippen molar-refractivity contribution < 1.29 is 4.74 Å². The second-order valence-corrected chi connectivity index (χ2v) is 4.77. The number of morpholine rings is 1. The number of aliphatic imine (C=N–C) groups is 1. The molecule has 2 unspecified atom stereocenters. The van der Waals surface area contributed by atoms with Crippen LogP contribution in [0.3, 0.4) is 0 Å². The summed E-state index contributed by atoms with van der Waals surface area (Å²) in [6.45, 7) is 5.73. The van der Waals surface area contributed by atoms with Gasteiger partial charge in [-0.1, -0.05) is 25.1 Å². The molecule has 2 rings (SSSR count). The molecule has 1 aliphatic rings. The number of para-hydroxylation sites is 1. The highest BCUT2D eigenvalue weighted by Crippen LogP contribution is 2.17. The third kappa shape index (κ3) is 3.45. The lowest BCUT2D eigenvalue weighted by molar-refractivity contribution is -0.0296. The summed E-state index contributed by atoms with van der Waals surface area (Å²) in [5.41, 5.74) is 3.62. The monoisotopic (exact) mass is 262 g/mol. The third-order valence-electron chi connectivity index (χ3n) is 3.33. The summed E-state index contributed by atoms with van der Waals surface area (Å²) in [7, 11) is 0. The van der Waals surface area contributed by atoms with Crippen LogP contribution < -0.4 is 11.3 Å². The second-order valence-electron chi connectivity index (χ2n) is 4.77. The maximum atomic E-state index is 5.69. The molecule has 1 aromatic carbocycles. The zero-order valence-electron chi connectivity index (χ0n) is 11.5. The Hall–Kier alpha value is -1.59. The fourth-order valence-corrected chi connectivity index (χ4v) is 2.25. The molecule has 104 valence electrons. The highest BCUT2D eigenvalue weighted by Gasteiger charge is 2.27. The van der Waals surface area contributed by atoms with Gasteiger partial charge < -0.3 is 9.64 Å². The summed E-state index contributed by atoms with van der Waals surface area (Å²) < 4.78 is 5.69. The normalized spacial score (nSPS) is 24.4. The largest absolute Gasteiger partial charge is 0.375 e. The third-order valence-corrected chi connectivity index (χ3v) is 3.33. The van der Waals surface area contributed by atoms with Gasteiger partial charge in [-0.05, 0) is 25.5 Å². The summed E-state index contributed by atoms with van der Waals surface area (Å²) >= 11 is 0. The molecule has 0 radical (unpaired) electrons. The van der Waals surface area contributed by atoms with Gasteiger partial charge >= 0.3 is 0 Å². The van der Waals surface area contributed by atoms with Crippen molar-refractivity contribution in [2.24, 2.45) is 10.8 Å². The summed E-state index contributed by atoms with van der Waals surface area (Å²) in [6.07, 6.45) is 1.19. The smallest absolute Gasteiger partial charge is 0.214 e. The van der Waals surface area contributed by atoms with E-state index < -0.39 is 0 Å². The standard InChI is InChI=1S/C14H22N4O/c1-3-13-10-19-11(2)9-18(13)14(17-15)16-12-7-5-4-6-8-12/h4-8,11,13H,3,9-10,15H2,1-2H3,(H,16,17). The van der Waals surface area contributed by atoms with Gasteiger partial charge in [0.25, 0.3) is 0 Å². The molecule has 1 fully saturated rings. The number of rotatable bonds is 2. The Balaban J connectivity index is 2.21. The molecule has 0 aliphatic carbocycles. The van der Waals surface area contributed by atoms with E-state index in [0.29, 0.717) is 18.6 Å². The number of hydrazine groups is 1. The van der Waals surface area contributed by atoms with Gasteiger partial charge in [-0.3, -0.25) is 5.43 Å². The Morgan fingerprint density at radius 1 is 1.47 bits per heavy atom. The number of nitrogens with zero attached hydrogens (tertiary/aromatic N) is 2. The molecule has 1 saturated heterocycles. The first kappa shape index (κ1) is 13.8. The van der Waals surface area contributed by atoms with Gasteiger partial charge in [-0.15, -0.1) is 0 Å².